The van der Waals surface area contributed by atoms with Gasteiger partial charge in [0.05, 0.1) is 35.7 Å². The maximum atomic E-state index is 14.3. The number of amides is 1. The first-order chi connectivity index (χ1) is 44.7. The van der Waals surface area contributed by atoms with Crippen molar-refractivity contribution in [2.45, 2.75) is 25.5 Å². The highest BCUT2D eigenvalue weighted by molar-refractivity contribution is 6.30. The Hall–Kier alpha value is -11.6. The van der Waals surface area contributed by atoms with Crippen LogP contribution in [0.2, 0.25) is 10.3 Å². The predicted molar refractivity (Wildman–Crippen MR) is 318 cm³/mol. The van der Waals surface area contributed by atoms with Gasteiger partial charge in [0.2, 0.25) is 29.3 Å². The smallest absolute Gasteiger partial charge is 0.433 e. The number of carbonyl (C=O) groups excluding carboxylic acids is 1. The van der Waals surface area contributed by atoms with Crippen molar-refractivity contribution in [2.24, 2.45) is 0 Å². The van der Waals surface area contributed by atoms with Crippen molar-refractivity contribution in [1.82, 2.24) is 73.7 Å². The summed E-state index contributed by atoms with van der Waals surface area (Å²) in [5.41, 5.74) is 3.26. The second-order valence-electron chi connectivity index (χ2n) is 19.0. The van der Waals surface area contributed by atoms with Crippen LogP contribution in [-0.4, -0.2) is 79.6 Å². The third kappa shape index (κ3) is 16.1. The Kier molecular flexibility index (Phi) is 19.1. The third-order valence-electron chi connectivity index (χ3n) is 12.2. The van der Waals surface area contributed by atoms with Crippen LogP contribution in [0.1, 0.15) is 24.0 Å². The lowest BCUT2D eigenvalue weighted by Gasteiger charge is -2.12. The summed E-state index contributed by atoms with van der Waals surface area (Å²) in [5.74, 6) is -1.30. The summed E-state index contributed by atoms with van der Waals surface area (Å²) in [5, 5.41) is 20.8. The summed E-state index contributed by atoms with van der Waals surface area (Å²) in [6.45, 7) is 1.28. The molecule has 12 aromatic heterocycles. The van der Waals surface area contributed by atoms with Gasteiger partial charge in [-0.15, -0.1) is 15.3 Å². The number of benzene rings is 1. The summed E-state index contributed by atoms with van der Waals surface area (Å²) in [7, 11) is 0. The second kappa shape index (κ2) is 27.5. The molecule has 0 atom stereocenters. The molecule has 1 amide bonds. The van der Waals surface area contributed by atoms with Crippen LogP contribution in [0.25, 0.3) is 51.1 Å². The number of nitrogen functional groups attached to an aromatic ring is 1. The van der Waals surface area contributed by atoms with E-state index in [1.807, 2.05) is 6.07 Å². The number of pyridine rings is 6. The molecular formula is C59H37Cl2F12N19O2. The first-order valence-corrected chi connectivity index (χ1v) is 27.3. The lowest BCUT2D eigenvalue weighted by Crippen LogP contribution is -2.10. The SMILES string of the molecule is CC(=O)Nc1cc(Nc2nc(-c3cccc(C(F)(F)F)n3)nn3cccc23)c(F)cn1.FC(F)(F)c1cccc(-c2nc(Oc3ccccc3)c3cccn3n2)n1.Fc1cnc(Cl)cc1Nc1nc(-c2cccc(C(F)(F)F)n2)nn2cccc12.Nc1cc(Cl)ncc1F. The predicted octanol–water partition coefficient (Wildman–Crippen LogP) is 14.8. The molecule has 35 heteroatoms. The molecule has 478 valence electrons. The van der Waals surface area contributed by atoms with E-state index in [2.05, 4.69) is 76.1 Å². The van der Waals surface area contributed by atoms with Crippen molar-refractivity contribution in [3.05, 3.63) is 222 Å². The van der Waals surface area contributed by atoms with Gasteiger partial charge in [0.25, 0.3) is 0 Å². The van der Waals surface area contributed by atoms with Crippen molar-refractivity contribution < 1.29 is 62.2 Å². The quantitative estimate of drug-likeness (QED) is 0.0733. The maximum absolute atomic E-state index is 14.3. The van der Waals surface area contributed by atoms with Gasteiger partial charge in [-0.3, -0.25) is 4.79 Å². The number of nitrogens with one attached hydrogen (secondary N) is 3. The van der Waals surface area contributed by atoms with Gasteiger partial charge in [0.15, 0.2) is 29.1 Å². The lowest BCUT2D eigenvalue weighted by atomic mass is 10.3. The molecule has 13 aromatic rings. The van der Waals surface area contributed by atoms with E-state index in [0.29, 0.717) is 22.3 Å². The molecule has 0 aliphatic carbocycles. The first kappa shape index (κ1) is 65.3. The Morgan fingerprint density at radius 1 is 0.479 bits per heavy atom. The zero-order chi connectivity index (χ0) is 67.1. The zero-order valence-corrected chi connectivity index (χ0v) is 48.6. The van der Waals surface area contributed by atoms with Gasteiger partial charge in [-0.2, -0.15) is 44.5 Å². The van der Waals surface area contributed by atoms with Crippen LogP contribution in [0, 0.1) is 17.5 Å². The van der Waals surface area contributed by atoms with Crippen LogP contribution in [0.4, 0.5) is 87.2 Å². The Balaban J connectivity index is 0.000000144. The molecule has 0 unspecified atom stereocenters. The summed E-state index contributed by atoms with van der Waals surface area (Å²) in [6.07, 6.45) is -6.14. The molecule has 0 saturated heterocycles. The number of hydrogen-bond acceptors (Lipinski definition) is 17. The normalized spacial score (nSPS) is 11.4. The van der Waals surface area contributed by atoms with Crippen LogP contribution in [0.3, 0.4) is 0 Å². The van der Waals surface area contributed by atoms with E-state index in [4.69, 9.17) is 33.7 Å². The number of hydrogen-bond donors (Lipinski definition) is 4. The maximum Gasteiger partial charge on any atom is 0.433 e. The molecule has 13 rings (SSSR count). The highest BCUT2D eigenvalue weighted by Gasteiger charge is 2.35. The Labute approximate surface area is 529 Å². The van der Waals surface area contributed by atoms with Crippen LogP contribution >= 0.6 is 23.2 Å². The minimum absolute atomic E-state index is 0.00440. The van der Waals surface area contributed by atoms with E-state index in [0.717, 1.165) is 36.8 Å². The number of nitrogens with two attached hydrogens (primary N) is 1. The molecule has 12 heterocycles. The fraction of sp³-hybridized carbons (Fsp3) is 0.0678. The fourth-order valence-electron chi connectivity index (χ4n) is 8.09. The Bertz CT molecular complexity index is 4880. The first-order valence-electron chi connectivity index (χ1n) is 26.5. The van der Waals surface area contributed by atoms with Gasteiger partial charge < -0.3 is 26.4 Å². The highest BCUT2D eigenvalue weighted by atomic mass is 35.5. The van der Waals surface area contributed by atoms with E-state index in [-0.39, 0.29) is 91.2 Å². The minimum Gasteiger partial charge on any atom is -0.437 e. The lowest BCUT2D eigenvalue weighted by molar-refractivity contribution is -0.141. The number of carbonyl (C=O) groups is 1. The standard InChI is InChI=1S/C19H13F4N7O.C18H11F3N4O.C17H9ClF4N6.C5H4ClFN2/c1-10(31)25-16-8-13(11(20)9-24-16)27-18-14-5-3-7-30(14)29-17(28-18)12-4-2-6-15(26-12)19(21,22)23;19-18(20,21)15-10-4-8-13(22-15)16-23-17(14-9-5-11-25(14)24-16)26-12-6-2-1-3-7-12;18-14-7-11(9(19)8-23-14)25-16-12-4-2-6-28(12)27-15(26-16)10-3-1-5-13(24-10)17(20,21)22;6-5-1-4(8)3(7)2-9-5/h2-9H,1H3,(H2,24,25,27,28,29,31);1-11H;1-8H,(H,23,25,26,27);1-2H,(H2,8,9). The van der Waals surface area contributed by atoms with Gasteiger partial charge in [0.1, 0.15) is 72.6 Å². The van der Waals surface area contributed by atoms with Gasteiger partial charge in [-0.25, -0.2) is 66.6 Å². The van der Waals surface area contributed by atoms with Crippen LogP contribution in [0.15, 0.2) is 177 Å². The number of halogens is 14. The molecule has 0 bridgehead atoms. The fourth-order valence-corrected chi connectivity index (χ4v) is 8.41. The van der Waals surface area contributed by atoms with Crippen molar-refractivity contribution in [1.29, 1.82) is 0 Å². The van der Waals surface area contributed by atoms with Crippen LogP contribution in [-0.2, 0) is 23.3 Å². The number of alkyl halides is 9. The minimum atomic E-state index is -4.63. The van der Waals surface area contributed by atoms with E-state index >= 15 is 0 Å². The summed E-state index contributed by atoms with van der Waals surface area (Å²) in [4.78, 5) is 45.7. The zero-order valence-electron chi connectivity index (χ0n) is 47.1. The third-order valence-corrected chi connectivity index (χ3v) is 12.7. The molecule has 0 aliphatic heterocycles. The number of anilines is 6. The van der Waals surface area contributed by atoms with Gasteiger partial charge >= 0.3 is 18.5 Å². The van der Waals surface area contributed by atoms with E-state index in [1.54, 1.807) is 79.3 Å². The van der Waals surface area contributed by atoms with Gasteiger partial charge in [0, 0.05) is 43.7 Å². The topological polar surface area (TPSA) is 256 Å². The molecular weight excluding hydrogens is 1310 g/mol. The number of ether oxygens (including phenoxy) is 1. The molecule has 5 N–H and O–H groups in total. The molecule has 0 radical (unpaired) electrons. The van der Waals surface area contributed by atoms with Crippen molar-refractivity contribution in [2.75, 3.05) is 21.7 Å². The highest BCUT2D eigenvalue weighted by Crippen LogP contribution is 2.34. The number of aromatic nitrogens is 15. The molecule has 1 aromatic carbocycles. The van der Waals surface area contributed by atoms with E-state index < -0.39 is 53.1 Å². The number of fused-ring (bicyclic) bond motifs is 3. The summed E-state index contributed by atoms with van der Waals surface area (Å²) in [6, 6.07) is 33.2. The van der Waals surface area contributed by atoms with Gasteiger partial charge in [-0.1, -0.05) is 59.6 Å². The molecule has 0 saturated carbocycles. The number of para-hydroxylation sites is 1. The molecule has 0 aliphatic rings. The number of rotatable bonds is 10. The molecule has 94 heavy (non-hydrogen) atoms. The monoisotopic (exact) mass is 1340 g/mol. The van der Waals surface area contributed by atoms with Crippen LogP contribution in [0.5, 0.6) is 11.6 Å². The molecule has 0 fully saturated rings. The largest absolute Gasteiger partial charge is 0.437 e. The Morgan fingerprint density at radius 2 is 0.894 bits per heavy atom. The molecule has 21 nitrogen and oxygen atoms in total. The van der Waals surface area contributed by atoms with E-state index in [1.165, 1.54) is 75.1 Å². The van der Waals surface area contributed by atoms with Crippen LogP contribution < -0.4 is 26.4 Å². The van der Waals surface area contributed by atoms with Gasteiger partial charge in [-0.05, 0) is 84.9 Å². The number of nitrogens with zero attached hydrogens (tertiary/aromatic N) is 15. The molecule has 0 spiro atoms. The summed E-state index contributed by atoms with van der Waals surface area (Å²) < 4.78 is 167. The van der Waals surface area contributed by atoms with Crippen molar-refractivity contribution in [3.8, 4) is 46.2 Å². The van der Waals surface area contributed by atoms with Crippen molar-refractivity contribution >= 4 is 80.2 Å². The van der Waals surface area contributed by atoms with Crippen molar-refractivity contribution in [3.63, 3.8) is 0 Å². The Morgan fingerprint density at radius 3 is 1.34 bits per heavy atom. The summed E-state index contributed by atoms with van der Waals surface area (Å²) >= 11 is 11.2. The average Bonchev–Trinajstić information content (AvgIpc) is 1.45. The van der Waals surface area contributed by atoms with E-state index in [9.17, 15) is 57.5 Å². The average molecular weight is 1340 g/mol. The second-order valence-corrected chi connectivity index (χ2v) is 19.7.